The molecule has 1 N–H and O–H groups in total. The van der Waals surface area contributed by atoms with Gasteiger partial charge in [-0.15, -0.1) is 21.5 Å². The molecule has 3 aromatic heterocycles. The summed E-state index contributed by atoms with van der Waals surface area (Å²) in [5, 5.41) is 14.7. The third kappa shape index (κ3) is 4.08. The number of rotatable bonds is 7. The first kappa shape index (κ1) is 16.4. The van der Waals surface area contributed by atoms with Crippen molar-refractivity contribution in [3.8, 4) is 10.8 Å². The summed E-state index contributed by atoms with van der Waals surface area (Å²) in [5.74, 6) is 1.07. The Morgan fingerprint density at radius 1 is 1.33 bits per heavy atom. The molecule has 0 bridgehead atoms. The van der Waals surface area contributed by atoms with Gasteiger partial charge in [0.05, 0.1) is 11.1 Å². The van der Waals surface area contributed by atoms with E-state index in [1.54, 1.807) is 29.5 Å². The van der Waals surface area contributed by atoms with E-state index >= 15 is 0 Å². The Kier molecular flexibility index (Phi) is 5.05. The van der Waals surface area contributed by atoms with Gasteiger partial charge in [-0.25, -0.2) is 0 Å². The van der Waals surface area contributed by atoms with Crippen molar-refractivity contribution in [1.29, 1.82) is 0 Å². The topological polar surface area (TPSA) is 87.9 Å². The standard InChI is InChI=1S/C16H19N5O2S/c1-11-3-4-13(24-11)16-20-19-14(23-16)5-6-15(22)21(2)8-7-12-9-17-18-10-12/h3-4,9-10H,5-8H2,1-2H3,(H,17,18). The summed E-state index contributed by atoms with van der Waals surface area (Å²) >= 11 is 1.61. The lowest BCUT2D eigenvalue weighted by Crippen LogP contribution is -2.29. The minimum absolute atomic E-state index is 0.0604. The molecular weight excluding hydrogens is 326 g/mol. The first-order chi connectivity index (χ1) is 11.6. The average Bonchev–Trinajstić information content (AvgIpc) is 3.31. The van der Waals surface area contributed by atoms with Crippen molar-refractivity contribution in [3.63, 3.8) is 0 Å². The Labute approximate surface area is 143 Å². The number of likely N-dealkylation sites (N-methyl/N-ethyl adjacent to an activating group) is 1. The number of aromatic nitrogens is 4. The Morgan fingerprint density at radius 3 is 2.92 bits per heavy atom. The molecule has 8 heteroatoms. The zero-order valence-corrected chi connectivity index (χ0v) is 14.5. The molecular formula is C16H19N5O2S. The van der Waals surface area contributed by atoms with Crippen molar-refractivity contribution in [2.24, 2.45) is 0 Å². The third-order valence-electron chi connectivity index (χ3n) is 3.69. The van der Waals surface area contributed by atoms with Crippen LogP contribution in [0.1, 0.15) is 22.8 Å². The SMILES string of the molecule is Cc1ccc(-c2nnc(CCC(=O)N(C)CCc3cn[nH]c3)o2)s1. The molecule has 0 fully saturated rings. The van der Waals surface area contributed by atoms with Gasteiger partial charge in [-0.3, -0.25) is 9.89 Å². The summed E-state index contributed by atoms with van der Waals surface area (Å²) in [6, 6.07) is 3.98. The summed E-state index contributed by atoms with van der Waals surface area (Å²) < 4.78 is 5.64. The Hall–Kier alpha value is -2.48. The molecule has 0 unspecified atom stereocenters. The van der Waals surface area contributed by atoms with Gasteiger partial charge in [0.1, 0.15) is 0 Å². The van der Waals surface area contributed by atoms with E-state index in [1.165, 1.54) is 4.88 Å². The van der Waals surface area contributed by atoms with Crippen molar-refractivity contribution >= 4 is 17.2 Å². The van der Waals surface area contributed by atoms with Crippen molar-refractivity contribution < 1.29 is 9.21 Å². The molecule has 0 aliphatic heterocycles. The van der Waals surface area contributed by atoms with E-state index in [9.17, 15) is 4.79 Å². The van der Waals surface area contributed by atoms with E-state index in [-0.39, 0.29) is 5.91 Å². The van der Waals surface area contributed by atoms with Gasteiger partial charge in [-0.05, 0) is 31.0 Å². The summed E-state index contributed by atoms with van der Waals surface area (Å²) in [6.45, 7) is 2.69. The highest BCUT2D eigenvalue weighted by molar-refractivity contribution is 7.15. The van der Waals surface area contributed by atoms with E-state index in [2.05, 4.69) is 20.4 Å². The highest BCUT2D eigenvalue weighted by Crippen LogP contribution is 2.26. The number of carbonyl (C=O) groups excluding carboxylic acids is 1. The fourth-order valence-corrected chi connectivity index (χ4v) is 3.03. The Bertz CT molecular complexity index is 793. The molecule has 0 saturated carbocycles. The maximum absolute atomic E-state index is 12.2. The Balaban J connectivity index is 1.48. The number of thiophene rings is 1. The van der Waals surface area contributed by atoms with Crippen LogP contribution in [0.2, 0.25) is 0 Å². The molecule has 0 aliphatic carbocycles. The summed E-state index contributed by atoms with van der Waals surface area (Å²) in [6.07, 6.45) is 5.19. The molecule has 0 atom stereocenters. The molecule has 0 saturated heterocycles. The number of hydrogen-bond acceptors (Lipinski definition) is 6. The van der Waals surface area contributed by atoms with Crippen molar-refractivity contribution in [1.82, 2.24) is 25.3 Å². The monoisotopic (exact) mass is 345 g/mol. The van der Waals surface area contributed by atoms with Crippen LogP contribution in [-0.4, -0.2) is 44.8 Å². The first-order valence-corrected chi connectivity index (χ1v) is 8.54. The fourth-order valence-electron chi connectivity index (χ4n) is 2.24. The van der Waals surface area contributed by atoms with E-state index in [0.717, 1.165) is 16.9 Å². The number of hydrogen-bond donors (Lipinski definition) is 1. The van der Waals surface area contributed by atoms with Gasteiger partial charge in [0.25, 0.3) is 5.89 Å². The number of aromatic amines is 1. The second kappa shape index (κ2) is 7.39. The molecule has 3 heterocycles. The predicted octanol–water partition coefficient (Wildman–Crippen LogP) is 2.46. The molecule has 0 radical (unpaired) electrons. The van der Waals surface area contributed by atoms with Gasteiger partial charge >= 0.3 is 0 Å². The third-order valence-corrected chi connectivity index (χ3v) is 4.68. The van der Waals surface area contributed by atoms with Gasteiger partial charge < -0.3 is 9.32 Å². The number of nitrogens with one attached hydrogen (secondary N) is 1. The number of nitrogens with zero attached hydrogens (tertiary/aromatic N) is 4. The smallest absolute Gasteiger partial charge is 0.257 e. The lowest BCUT2D eigenvalue weighted by atomic mass is 10.2. The molecule has 3 aromatic rings. The molecule has 126 valence electrons. The second-order valence-electron chi connectivity index (χ2n) is 5.58. The lowest BCUT2D eigenvalue weighted by molar-refractivity contribution is -0.129. The van der Waals surface area contributed by atoms with Crippen LogP contribution in [0.5, 0.6) is 0 Å². The minimum atomic E-state index is 0.0604. The van der Waals surface area contributed by atoms with Crippen LogP contribution in [0.3, 0.4) is 0 Å². The first-order valence-electron chi connectivity index (χ1n) is 7.72. The van der Waals surface area contributed by atoms with Crippen LogP contribution >= 0.6 is 11.3 Å². The van der Waals surface area contributed by atoms with Gasteiger partial charge in [0.15, 0.2) is 0 Å². The number of carbonyl (C=O) groups is 1. The lowest BCUT2D eigenvalue weighted by Gasteiger charge is -2.16. The van der Waals surface area contributed by atoms with Gasteiger partial charge in [-0.2, -0.15) is 5.10 Å². The highest BCUT2D eigenvalue weighted by atomic mass is 32.1. The van der Waals surface area contributed by atoms with E-state index in [4.69, 9.17) is 4.42 Å². The van der Waals surface area contributed by atoms with Crippen LogP contribution in [0.25, 0.3) is 10.8 Å². The fraction of sp³-hybridized carbons (Fsp3) is 0.375. The second-order valence-corrected chi connectivity index (χ2v) is 6.87. The van der Waals surface area contributed by atoms with Crippen LogP contribution in [0, 0.1) is 6.92 Å². The summed E-state index contributed by atoms with van der Waals surface area (Å²) in [4.78, 5) is 16.0. The molecule has 0 aromatic carbocycles. The predicted molar refractivity (Wildman–Crippen MR) is 90.6 cm³/mol. The van der Waals surface area contributed by atoms with Gasteiger partial charge in [0.2, 0.25) is 11.8 Å². The maximum atomic E-state index is 12.2. The minimum Gasteiger partial charge on any atom is -0.420 e. The summed E-state index contributed by atoms with van der Waals surface area (Å²) in [5.41, 5.74) is 1.09. The summed E-state index contributed by atoms with van der Waals surface area (Å²) in [7, 11) is 1.80. The van der Waals surface area contributed by atoms with Crippen LogP contribution in [-0.2, 0) is 17.6 Å². The van der Waals surface area contributed by atoms with Crippen LogP contribution < -0.4 is 0 Å². The van der Waals surface area contributed by atoms with Gasteiger partial charge in [-0.1, -0.05) is 0 Å². The molecule has 0 aliphatic rings. The molecule has 7 nitrogen and oxygen atoms in total. The molecule has 3 rings (SSSR count). The Morgan fingerprint density at radius 2 is 2.21 bits per heavy atom. The van der Waals surface area contributed by atoms with Crippen LogP contribution in [0.15, 0.2) is 28.9 Å². The number of aryl methyl sites for hydroxylation is 2. The quantitative estimate of drug-likeness (QED) is 0.711. The van der Waals surface area contributed by atoms with Crippen molar-refractivity contribution in [2.75, 3.05) is 13.6 Å². The molecule has 1 amide bonds. The number of H-pyrrole nitrogens is 1. The van der Waals surface area contributed by atoms with Crippen molar-refractivity contribution in [2.45, 2.75) is 26.2 Å². The molecule has 0 spiro atoms. The largest absolute Gasteiger partial charge is 0.420 e. The van der Waals surface area contributed by atoms with E-state index < -0.39 is 0 Å². The zero-order valence-electron chi connectivity index (χ0n) is 13.7. The zero-order chi connectivity index (χ0) is 16.9. The molecule has 24 heavy (non-hydrogen) atoms. The average molecular weight is 345 g/mol. The van der Waals surface area contributed by atoms with Gasteiger partial charge in [0, 0.05) is 37.5 Å². The maximum Gasteiger partial charge on any atom is 0.257 e. The van der Waals surface area contributed by atoms with E-state index in [1.807, 2.05) is 25.3 Å². The van der Waals surface area contributed by atoms with E-state index in [0.29, 0.717) is 31.2 Å². The number of amides is 1. The van der Waals surface area contributed by atoms with Crippen LogP contribution in [0.4, 0.5) is 0 Å². The highest BCUT2D eigenvalue weighted by Gasteiger charge is 2.14. The normalized spacial score (nSPS) is 10.9. The van der Waals surface area contributed by atoms with Crippen molar-refractivity contribution in [3.05, 3.63) is 40.9 Å².